The number of fused-ring (bicyclic) bond motifs is 1. The Labute approximate surface area is 199 Å². The Kier molecular flexibility index (Phi) is 7.75. The number of anilines is 1. The number of aliphatic hydroxyl groups excluding tert-OH is 1. The SMILES string of the molecule is C[C@@H](OP(=O)(O)OP(=O)(O)OP(=O)(O)O)[C@H]1O[C@@H](n2ccc3c(=O)[nH]c(N)nc32)C(Cl)(CF)[C@H]1O. The van der Waals surface area contributed by atoms with E-state index in [9.17, 15) is 37.8 Å². The molecule has 0 saturated carbocycles. The lowest BCUT2D eigenvalue weighted by Gasteiger charge is -2.28. The van der Waals surface area contributed by atoms with Crippen LogP contribution in [0.3, 0.4) is 0 Å². The van der Waals surface area contributed by atoms with Crippen LogP contribution in [0, 0.1) is 0 Å². The molecule has 0 amide bonds. The highest BCUT2D eigenvalue weighted by atomic mass is 35.5. The molecule has 17 nitrogen and oxygen atoms in total. The zero-order valence-corrected chi connectivity index (χ0v) is 20.7. The highest BCUT2D eigenvalue weighted by Crippen LogP contribution is 2.66. The Morgan fingerprint density at radius 2 is 1.94 bits per heavy atom. The van der Waals surface area contributed by atoms with Crippen LogP contribution >= 0.6 is 35.1 Å². The largest absolute Gasteiger partial charge is 0.490 e. The first kappa shape index (κ1) is 28.3. The molecule has 1 aliphatic heterocycles. The highest BCUT2D eigenvalue weighted by Gasteiger charge is 2.59. The number of aliphatic hydroxyl groups is 1. The molecule has 198 valence electrons. The normalized spacial score (nSPS) is 29.7. The van der Waals surface area contributed by atoms with Crippen LogP contribution < -0.4 is 11.3 Å². The van der Waals surface area contributed by atoms with E-state index >= 15 is 0 Å². The van der Waals surface area contributed by atoms with Crippen molar-refractivity contribution in [2.75, 3.05) is 12.4 Å². The number of rotatable bonds is 9. The number of nitrogens with one attached hydrogen (secondary N) is 1. The molecule has 35 heavy (non-hydrogen) atoms. The number of phosphoric acid groups is 3. The van der Waals surface area contributed by atoms with Gasteiger partial charge in [-0.05, 0) is 13.0 Å². The summed E-state index contributed by atoms with van der Waals surface area (Å²) in [6.07, 6.45) is -5.68. The van der Waals surface area contributed by atoms with Gasteiger partial charge in [0.2, 0.25) is 5.95 Å². The van der Waals surface area contributed by atoms with Crippen LogP contribution in [-0.2, 0) is 31.6 Å². The van der Waals surface area contributed by atoms with Crippen molar-refractivity contribution < 1.29 is 60.6 Å². The second kappa shape index (κ2) is 9.58. The van der Waals surface area contributed by atoms with Gasteiger partial charge in [0, 0.05) is 6.20 Å². The van der Waals surface area contributed by atoms with Crippen molar-refractivity contribution in [1.82, 2.24) is 14.5 Å². The third-order valence-electron chi connectivity index (χ3n) is 4.73. The quantitative estimate of drug-likeness (QED) is 0.153. The van der Waals surface area contributed by atoms with Crippen LogP contribution in [0.5, 0.6) is 0 Å². The summed E-state index contributed by atoms with van der Waals surface area (Å²) in [5, 5.41) is 10.7. The Morgan fingerprint density at radius 1 is 1.31 bits per heavy atom. The maximum absolute atomic E-state index is 14.1. The van der Waals surface area contributed by atoms with E-state index in [4.69, 9.17) is 31.9 Å². The number of hydrogen-bond acceptors (Lipinski definition) is 11. The van der Waals surface area contributed by atoms with Crippen molar-refractivity contribution in [2.24, 2.45) is 0 Å². The van der Waals surface area contributed by atoms with Gasteiger partial charge >= 0.3 is 23.5 Å². The number of phosphoric ester groups is 1. The molecular weight excluding hydrogens is 568 g/mol. The maximum Gasteiger partial charge on any atom is 0.490 e. The summed E-state index contributed by atoms with van der Waals surface area (Å²) >= 11 is 6.31. The number of nitrogen functional groups attached to an aromatic ring is 1. The van der Waals surface area contributed by atoms with Crippen LogP contribution in [-0.4, -0.2) is 69.1 Å². The van der Waals surface area contributed by atoms with Crippen molar-refractivity contribution in [3.05, 3.63) is 22.6 Å². The molecule has 2 aromatic heterocycles. The second-order valence-corrected chi connectivity index (χ2v) is 12.3. The lowest BCUT2D eigenvalue weighted by molar-refractivity contribution is -0.0731. The van der Waals surface area contributed by atoms with Gasteiger partial charge in [0.25, 0.3) is 5.56 Å². The lowest BCUT2D eigenvalue weighted by Crippen LogP contribution is -2.46. The number of nitrogens with zero attached hydrogens (tertiary/aromatic N) is 2. The van der Waals surface area contributed by atoms with Gasteiger partial charge in [0.15, 0.2) is 11.9 Å². The molecule has 0 radical (unpaired) electrons. The Bertz CT molecular complexity index is 1320. The standard InChI is InChI=1S/C13H19ClFN4O13P3/c1-5(30-34(25,26)32-35(27,28)31-33(22,23)24)7-8(20)13(14,4-15)11(29-7)19-3-2-6-9(19)17-12(16)18-10(6)21/h2-3,5,7-8,11,20H,4H2,1H3,(H,25,26)(H,27,28)(H2,22,23,24)(H3,16,17,18,21)/t5-,7-,8+,11-,13?/m1/s1. The van der Waals surface area contributed by atoms with Crippen LogP contribution in [0.2, 0.25) is 0 Å². The summed E-state index contributed by atoms with van der Waals surface area (Å²) < 4.78 is 66.9. The minimum absolute atomic E-state index is 0.0138. The molecule has 8 N–H and O–H groups in total. The number of H-pyrrole nitrogens is 1. The van der Waals surface area contributed by atoms with E-state index in [0.717, 1.165) is 11.5 Å². The number of nitrogens with two attached hydrogens (primary N) is 1. The summed E-state index contributed by atoms with van der Waals surface area (Å²) in [6, 6.07) is 1.29. The van der Waals surface area contributed by atoms with Gasteiger partial charge in [-0.15, -0.1) is 11.6 Å². The predicted octanol–water partition coefficient (Wildman–Crippen LogP) is 0.244. The van der Waals surface area contributed by atoms with Gasteiger partial charge < -0.3 is 39.7 Å². The van der Waals surface area contributed by atoms with Gasteiger partial charge in [-0.25, -0.2) is 18.1 Å². The molecule has 1 fully saturated rings. The monoisotopic (exact) mass is 586 g/mol. The summed E-state index contributed by atoms with van der Waals surface area (Å²) in [6.45, 7) is -0.407. The Morgan fingerprint density at radius 3 is 2.51 bits per heavy atom. The van der Waals surface area contributed by atoms with Crippen molar-refractivity contribution in [3.8, 4) is 0 Å². The highest BCUT2D eigenvalue weighted by molar-refractivity contribution is 7.66. The Balaban J connectivity index is 1.88. The number of aromatic amines is 1. The minimum atomic E-state index is -5.81. The number of halogens is 2. The van der Waals surface area contributed by atoms with Gasteiger partial charge in [-0.1, -0.05) is 0 Å². The molecule has 3 unspecified atom stereocenters. The van der Waals surface area contributed by atoms with Crippen LogP contribution in [0.1, 0.15) is 13.2 Å². The van der Waals surface area contributed by atoms with Crippen molar-refractivity contribution in [2.45, 2.75) is 36.3 Å². The van der Waals surface area contributed by atoms with Gasteiger partial charge in [0.1, 0.15) is 23.8 Å². The molecule has 22 heteroatoms. The fourth-order valence-corrected chi connectivity index (χ4v) is 6.86. The molecule has 0 bridgehead atoms. The average molecular weight is 587 g/mol. The van der Waals surface area contributed by atoms with Crippen LogP contribution in [0.15, 0.2) is 17.1 Å². The summed E-state index contributed by atoms with van der Waals surface area (Å²) in [7, 11) is -17.0. The van der Waals surface area contributed by atoms with Crippen LogP contribution in [0.25, 0.3) is 11.0 Å². The first-order valence-corrected chi connectivity index (χ1v) is 14.1. The summed E-state index contributed by atoms with van der Waals surface area (Å²) in [5.41, 5.74) is 4.81. The van der Waals surface area contributed by atoms with Gasteiger partial charge in [-0.2, -0.15) is 13.6 Å². The van der Waals surface area contributed by atoms with E-state index in [1.54, 1.807) is 0 Å². The van der Waals surface area contributed by atoms with Crippen molar-refractivity contribution >= 4 is 52.1 Å². The number of aromatic nitrogens is 3. The third-order valence-corrected chi connectivity index (χ3v) is 9.17. The topological polar surface area (TPSA) is 266 Å². The van der Waals surface area contributed by atoms with E-state index in [1.807, 2.05) is 0 Å². The summed E-state index contributed by atoms with van der Waals surface area (Å²) in [4.78, 5) is 52.2. The van der Waals surface area contributed by atoms with Gasteiger partial charge in [0.05, 0.1) is 11.5 Å². The lowest BCUT2D eigenvalue weighted by atomic mass is 9.97. The van der Waals surface area contributed by atoms with Crippen molar-refractivity contribution in [1.29, 1.82) is 0 Å². The fraction of sp³-hybridized carbons (Fsp3) is 0.538. The zero-order valence-electron chi connectivity index (χ0n) is 17.2. The minimum Gasteiger partial charge on any atom is -0.388 e. The number of hydrogen-bond donors (Lipinski definition) is 7. The molecule has 0 aromatic carbocycles. The second-order valence-electron chi connectivity index (χ2n) is 7.27. The fourth-order valence-electron chi connectivity index (χ4n) is 3.38. The molecule has 0 spiro atoms. The summed E-state index contributed by atoms with van der Waals surface area (Å²) in [5.74, 6) is -0.293. The number of ether oxygens (including phenoxy) is 1. The van der Waals surface area contributed by atoms with E-state index < -0.39 is 65.1 Å². The first-order valence-electron chi connectivity index (χ1n) is 9.16. The van der Waals surface area contributed by atoms with E-state index in [-0.39, 0.29) is 17.0 Å². The average Bonchev–Trinajstić information content (AvgIpc) is 3.18. The molecule has 3 rings (SSSR count). The molecule has 0 aliphatic carbocycles. The van der Waals surface area contributed by atoms with E-state index in [0.29, 0.717) is 0 Å². The zero-order chi connectivity index (χ0) is 26.6. The van der Waals surface area contributed by atoms with E-state index in [2.05, 4.69) is 23.1 Å². The molecule has 1 aliphatic rings. The van der Waals surface area contributed by atoms with Gasteiger partial charge in [-0.3, -0.25) is 14.3 Å². The first-order chi connectivity index (χ1) is 15.9. The molecule has 1 saturated heterocycles. The molecule has 3 heterocycles. The molecule has 7 atom stereocenters. The third kappa shape index (κ3) is 6.02. The molecular formula is C13H19ClFN4O13P3. The Hall–Kier alpha value is -1.23. The predicted molar refractivity (Wildman–Crippen MR) is 114 cm³/mol. The van der Waals surface area contributed by atoms with Crippen LogP contribution in [0.4, 0.5) is 10.3 Å². The van der Waals surface area contributed by atoms with Crippen molar-refractivity contribution in [3.63, 3.8) is 0 Å². The molecule has 2 aromatic rings. The van der Waals surface area contributed by atoms with E-state index in [1.165, 1.54) is 12.3 Å². The number of alkyl halides is 2. The maximum atomic E-state index is 14.1. The smallest absolute Gasteiger partial charge is 0.388 e.